The van der Waals surface area contributed by atoms with E-state index in [0.717, 1.165) is 32.1 Å². The molecule has 4 heterocycles. The molecule has 22 nitrogen and oxygen atoms in total. The Morgan fingerprint density at radius 3 is 0.889 bits per heavy atom. The van der Waals surface area contributed by atoms with Gasteiger partial charge >= 0.3 is 8.80 Å². The largest absolute Gasteiger partial charge is 0.527 e. The molecule has 2 fully saturated rings. The smallest absolute Gasteiger partial charge is 0.457 e. The molecule has 0 radical (unpaired) electrons. The van der Waals surface area contributed by atoms with Crippen LogP contribution in [0.3, 0.4) is 0 Å². The second-order valence-corrected chi connectivity index (χ2v) is 36.7. The maximum atomic E-state index is 16.1. The molecule has 9 aromatic rings. The van der Waals surface area contributed by atoms with E-state index in [1.807, 2.05) is 102 Å². The third kappa shape index (κ3) is 15.3. The molecule has 108 heavy (non-hydrogen) atoms. The molecule has 0 unspecified atom stereocenters. The molecule has 0 atom stereocenters. The zero-order valence-electron chi connectivity index (χ0n) is 64.9. The summed E-state index contributed by atoms with van der Waals surface area (Å²) < 4.78 is 63.1. The van der Waals surface area contributed by atoms with Crippen LogP contribution in [-0.4, -0.2) is 203 Å². The second-order valence-electron chi connectivity index (χ2n) is 32.4. The number of amides is 6. The quantitative estimate of drug-likeness (QED) is 0.0181. The SMILES string of the molecule is CO[SiH2]COCN1CCN(C(=O)CN2C(=O)c3cc(Oc4ccc(C(C)(C)C)cc4)c4c5c(Oc6ccc(C(C)(C)C)cc6)cc6c7c(cc(Oc8ccc(C(C)(C)C)cc8)c(c8c(Oc9ccc(C(C)(C)C)cc9)cc(c3c48)C2=O)c75)C(=O)N(CC(=O)N2CCN(COC[Si](OC)(OC)OC)CC2)C6=O)CC1. The maximum absolute atomic E-state index is 16.1. The van der Waals surface area contributed by atoms with Crippen molar-refractivity contribution in [2.24, 2.45) is 0 Å². The highest BCUT2D eigenvalue weighted by atomic mass is 28.4. The minimum Gasteiger partial charge on any atom is -0.457 e. The highest BCUT2D eigenvalue weighted by Gasteiger charge is 2.44. The Hall–Kier alpha value is -9.19. The summed E-state index contributed by atoms with van der Waals surface area (Å²) in [6.45, 7) is 28.0. The van der Waals surface area contributed by atoms with Crippen LogP contribution in [0, 0.1) is 0 Å². The van der Waals surface area contributed by atoms with Gasteiger partial charge in [0.2, 0.25) is 11.8 Å². The van der Waals surface area contributed by atoms with Gasteiger partial charge in [0.15, 0.2) is 9.76 Å². The van der Waals surface area contributed by atoms with Gasteiger partial charge < -0.3 is 55.9 Å². The van der Waals surface area contributed by atoms with E-state index in [-0.39, 0.29) is 104 Å². The van der Waals surface area contributed by atoms with E-state index in [2.05, 4.69) is 88.0 Å². The number of hydrogen-bond acceptors (Lipinski definition) is 18. The number of benzene rings is 9. The number of carbonyl (C=O) groups is 6. The zero-order chi connectivity index (χ0) is 77.1. The van der Waals surface area contributed by atoms with Crippen molar-refractivity contribution in [2.45, 2.75) is 105 Å². The highest BCUT2D eigenvalue weighted by Crippen LogP contribution is 2.58. The van der Waals surface area contributed by atoms with Crippen LogP contribution in [0.15, 0.2) is 121 Å². The normalized spacial score (nSPS) is 15.9. The lowest BCUT2D eigenvalue weighted by Crippen LogP contribution is -2.54. The number of imide groups is 2. The van der Waals surface area contributed by atoms with Crippen LogP contribution < -0.4 is 18.9 Å². The Morgan fingerprint density at radius 1 is 0.370 bits per heavy atom. The number of carbonyl (C=O) groups excluding carboxylic acids is 6. The molecule has 24 heteroatoms. The van der Waals surface area contributed by atoms with Crippen molar-refractivity contribution < 1.29 is 74.9 Å². The minimum atomic E-state index is -3.03. The standard InChI is InChI=1S/C84H98N6O16Si2/c1-81(2,3)51-17-25-55(26-18-51)103-63-41-59-69-60(78(94)89(77(59)93)45-67(91)87-37-33-85(34-38-87)47-101-49-107-97-13)42-64(104-56-27-19-52(20-28-56)82(4,5)6)72-74-66(106-58-31-23-54(24-32-58)84(10,11)12)44-62-70-61(43-65(73(76(70)74)71(63)75(69)72)105-57-29-21-53(22-30-57)83(7,8)9)79(95)90(80(62)96)46-68(92)88-39-35-86(36-40-88)48-102-50-108(98-14,99-15)100-16/h17-32,41-44H,33-40,45-50,107H2,1-16H3. The Labute approximate surface area is 634 Å². The number of ether oxygens (including phenoxy) is 6. The van der Waals surface area contributed by atoms with Gasteiger partial charge in [0, 0.05) is 124 Å². The predicted molar refractivity (Wildman–Crippen MR) is 420 cm³/mol. The fourth-order valence-electron chi connectivity index (χ4n) is 14.6. The third-order valence-electron chi connectivity index (χ3n) is 21.1. The summed E-state index contributed by atoms with van der Waals surface area (Å²) in [5, 5.41) is 2.40. The van der Waals surface area contributed by atoms with Crippen molar-refractivity contribution >= 4 is 97.1 Å². The first-order valence-electron chi connectivity index (χ1n) is 36.8. The molecular formula is C84H98N6O16Si2. The van der Waals surface area contributed by atoms with Gasteiger partial charge in [0.25, 0.3) is 23.6 Å². The minimum absolute atomic E-state index is 0.0445. The summed E-state index contributed by atoms with van der Waals surface area (Å²) in [6.07, 6.45) is 0.670. The Kier molecular flexibility index (Phi) is 21.6. The van der Waals surface area contributed by atoms with Crippen LogP contribution in [0.4, 0.5) is 0 Å². The van der Waals surface area contributed by atoms with Crippen LogP contribution in [0.25, 0.3) is 43.1 Å². The van der Waals surface area contributed by atoms with E-state index in [4.69, 9.17) is 46.1 Å². The van der Waals surface area contributed by atoms with Gasteiger partial charge in [-0.25, -0.2) is 0 Å². The summed E-state index contributed by atoms with van der Waals surface area (Å²) in [4.78, 5) is 103. The highest BCUT2D eigenvalue weighted by molar-refractivity contribution is 6.60. The molecule has 0 saturated carbocycles. The maximum Gasteiger partial charge on any atom is 0.527 e. The number of nitrogens with zero attached hydrogens (tertiary/aromatic N) is 6. The van der Waals surface area contributed by atoms with Crippen molar-refractivity contribution in [1.29, 1.82) is 0 Å². The molecule has 6 amide bonds. The molecule has 13 rings (SSSR count). The van der Waals surface area contributed by atoms with Gasteiger partial charge in [-0.05, 0) is 117 Å². The molecule has 0 bridgehead atoms. The van der Waals surface area contributed by atoms with E-state index in [1.54, 1.807) is 41.2 Å². The monoisotopic (exact) mass is 1500 g/mol. The first kappa shape index (κ1) is 77.0. The summed E-state index contributed by atoms with van der Waals surface area (Å²) >= 11 is 0. The molecule has 0 aliphatic carbocycles. The summed E-state index contributed by atoms with van der Waals surface area (Å²) in [5.41, 5.74) is 3.32. The van der Waals surface area contributed by atoms with Crippen molar-refractivity contribution in [3.05, 3.63) is 166 Å². The van der Waals surface area contributed by atoms with Gasteiger partial charge in [-0.3, -0.25) is 48.4 Å². The van der Waals surface area contributed by atoms with Crippen molar-refractivity contribution in [3.8, 4) is 46.0 Å². The van der Waals surface area contributed by atoms with Crippen LogP contribution in [-0.2, 0) is 58.4 Å². The summed E-state index contributed by atoms with van der Waals surface area (Å²) in [7, 11) is 2.41. The van der Waals surface area contributed by atoms with Gasteiger partial charge in [0.1, 0.15) is 65.3 Å². The molecule has 2 saturated heterocycles. The summed E-state index contributed by atoms with van der Waals surface area (Å²) in [5.74, 6) is -1.82. The number of rotatable bonds is 24. The lowest BCUT2D eigenvalue weighted by molar-refractivity contribution is -0.134. The average Bonchev–Trinajstić information content (AvgIpc) is 0.671. The Balaban J connectivity index is 1.06. The first-order chi connectivity index (χ1) is 51.3. The predicted octanol–water partition coefficient (Wildman–Crippen LogP) is 13.6. The molecule has 9 aromatic carbocycles. The lowest BCUT2D eigenvalue weighted by Gasteiger charge is -2.36. The van der Waals surface area contributed by atoms with Gasteiger partial charge in [-0.2, -0.15) is 0 Å². The van der Waals surface area contributed by atoms with Crippen LogP contribution >= 0.6 is 0 Å². The molecule has 0 N–H and O–H groups in total. The van der Waals surface area contributed by atoms with Gasteiger partial charge in [0.05, 0.1) is 41.9 Å². The van der Waals surface area contributed by atoms with Crippen molar-refractivity contribution in [1.82, 2.24) is 29.4 Å². The van der Waals surface area contributed by atoms with E-state index in [0.29, 0.717) is 108 Å². The van der Waals surface area contributed by atoms with Gasteiger partial charge in [-0.15, -0.1) is 0 Å². The number of piperazine rings is 2. The van der Waals surface area contributed by atoms with Crippen LogP contribution in [0.5, 0.6) is 46.0 Å². The number of fused-ring (bicyclic) bond motifs is 2. The Bertz CT molecular complexity index is 4520. The fourth-order valence-corrected chi connectivity index (χ4v) is 16.2. The van der Waals surface area contributed by atoms with E-state index < -0.39 is 67.1 Å². The van der Waals surface area contributed by atoms with E-state index >= 15 is 19.2 Å². The van der Waals surface area contributed by atoms with Crippen molar-refractivity contribution in [3.63, 3.8) is 0 Å². The van der Waals surface area contributed by atoms with Crippen LogP contribution in [0.2, 0.25) is 0 Å². The molecule has 0 aromatic heterocycles. The molecule has 4 aliphatic heterocycles. The van der Waals surface area contributed by atoms with E-state index in [9.17, 15) is 9.59 Å². The fraction of sp³-hybridized carbons (Fsp3) is 0.405. The molecule has 4 aliphatic rings. The molecular weight excluding hydrogens is 1410 g/mol. The number of hydrogen-bond donors (Lipinski definition) is 0. The van der Waals surface area contributed by atoms with E-state index in [1.165, 1.54) is 21.3 Å². The molecule has 0 spiro atoms. The Morgan fingerprint density at radius 2 is 0.639 bits per heavy atom. The zero-order valence-corrected chi connectivity index (χ0v) is 67.3. The topological polar surface area (TPSA) is 214 Å². The second kappa shape index (κ2) is 30.3. The summed E-state index contributed by atoms with van der Waals surface area (Å²) in [6, 6.07) is 37.2. The van der Waals surface area contributed by atoms with Crippen LogP contribution in [0.1, 0.15) is 147 Å². The third-order valence-corrected chi connectivity index (χ3v) is 24.4. The lowest BCUT2D eigenvalue weighted by atomic mass is 9.80. The van der Waals surface area contributed by atoms with Crippen molar-refractivity contribution in [2.75, 3.05) is 120 Å². The molecule has 568 valence electrons. The first-order valence-corrected chi connectivity index (χ1v) is 40.3. The van der Waals surface area contributed by atoms with Gasteiger partial charge in [-0.1, -0.05) is 132 Å². The average molecular weight is 1500 g/mol.